The molecule has 0 unspecified atom stereocenters. The van der Waals surface area contributed by atoms with Gasteiger partial charge in [0.2, 0.25) is 0 Å². The molecule has 2 aliphatic rings. The average molecular weight is 251 g/mol. The minimum Gasteiger partial charge on any atom is -0.358 e. The van der Waals surface area contributed by atoms with Gasteiger partial charge in [-0.3, -0.25) is 0 Å². The van der Waals surface area contributed by atoms with Crippen LogP contribution >= 0.6 is 0 Å². The van der Waals surface area contributed by atoms with E-state index >= 15 is 0 Å². The fourth-order valence-corrected chi connectivity index (χ4v) is 3.04. The summed E-state index contributed by atoms with van der Waals surface area (Å²) in [7, 11) is 0. The first-order valence-electron chi connectivity index (χ1n) is 5.51. The minimum atomic E-state index is -0.791. The maximum Gasteiger partial charge on any atom is 0.363 e. The van der Waals surface area contributed by atoms with Crippen molar-refractivity contribution in [2.45, 2.75) is 30.8 Å². The van der Waals surface area contributed by atoms with Gasteiger partial charge in [0.05, 0.1) is 0 Å². The maximum absolute atomic E-state index is 10.7. The molecule has 1 aromatic heterocycles. The van der Waals surface area contributed by atoms with Crippen LogP contribution in [0.1, 0.15) is 35.8 Å². The Morgan fingerprint density at radius 1 is 1.28 bits per heavy atom. The Labute approximate surface area is 101 Å². The standard InChI is InChI=1S/C10H9N3O5/c14-12(15)10-3-6-7-1-5(8(6)4-11-10)2-9(7)18-13(16)17/h3-5,7,9H,1-2H2/t5-,7-,9+/m0/s1. The van der Waals surface area contributed by atoms with Crippen LogP contribution in [0.3, 0.4) is 0 Å². The Hall–Kier alpha value is -2.25. The molecule has 0 aliphatic heterocycles. The van der Waals surface area contributed by atoms with Crippen LogP contribution in [0.15, 0.2) is 12.3 Å². The summed E-state index contributed by atoms with van der Waals surface area (Å²) < 4.78 is 0. The summed E-state index contributed by atoms with van der Waals surface area (Å²) >= 11 is 0. The summed E-state index contributed by atoms with van der Waals surface area (Å²) in [5, 5.41) is 20.3. The monoisotopic (exact) mass is 251 g/mol. The highest BCUT2D eigenvalue weighted by atomic mass is 17.0. The molecular formula is C10H9N3O5. The molecule has 3 rings (SSSR count). The van der Waals surface area contributed by atoms with E-state index in [1.54, 1.807) is 0 Å². The fourth-order valence-electron chi connectivity index (χ4n) is 3.04. The number of pyridine rings is 1. The highest BCUT2D eigenvalue weighted by Crippen LogP contribution is 2.54. The summed E-state index contributed by atoms with van der Waals surface area (Å²) in [6, 6.07) is 1.41. The Kier molecular flexibility index (Phi) is 2.19. The lowest BCUT2D eigenvalue weighted by atomic mass is 9.91. The first-order valence-corrected chi connectivity index (χ1v) is 5.51. The van der Waals surface area contributed by atoms with E-state index in [0.717, 1.165) is 17.5 Å². The van der Waals surface area contributed by atoms with E-state index in [1.165, 1.54) is 12.3 Å². The number of hydrogen-bond donors (Lipinski definition) is 0. The van der Waals surface area contributed by atoms with E-state index in [4.69, 9.17) is 0 Å². The summed E-state index contributed by atoms with van der Waals surface area (Å²) in [6.45, 7) is 0. The Morgan fingerprint density at radius 2 is 2.06 bits per heavy atom. The highest BCUT2D eigenvalue weighted by Gasteiger charge is 2.47. The fraction of sp³-hybridized carbons (Fsp3) is 0.500. The largest absolute Gasteiger partial charge is 0.363 e. The molecule has 0 amide bonds. The third kappa shape index (κ3) is 1.49. The molecule has 2 aliphatic carbocycles. The Balaban J connectivity index is 1.95. The van der Waals surface area contributed by atoms with Crippen LogP contribution in [0.2, 0.25) is 0 Å². The maximum atomic E-state index is 10.7. The van der Waals surface area contributed by atoms with Crippen molar-refractivity contribution in [2.24, 2.45) is 0 Å². The van der Waals surface area contributed by atoms with Crippen molar-refractivity contribution in [3.05, 3.63) is 43.6 Å². The van der Waals surface area contributed by atoms with Gasteiger partial charge in [0, 0.05) is 17.5 Å². The van der Waals surface area contributed by atoms with Crippen LogP contribution in [-0.4, -0.2) is 21.1 Å². The van der Waals surface area contributed by atoms with Gasteiger partial charge in [-0.15, -0.1) is 10.1 Å². The Bertz CT molecular complexity index is 546. The number of rotatable bonds is 3. The molecule has 3 atom stereocenters. The highest BCUT2D eigenvalue weighted by molar-refractivity contribution is 5.44. The lowest BCUT2D eigenvalue weighted by Crippen LogP contribution is -2.23. The molecule has 18 heavy (non-hydrogen) atoms. The number of nitrogens with zero attached hydrogens (tertiary/aromatic N) is 3. The molecule has 1 aromatic rings. The van der Waals surface area contributed by atoms with E-state index in [2.05, 4.69) is 9.82 Å². The van der Waals surface area contributed by atoms with Gasteiger partial charge in [-0.25, -0.2) is 0 Å². The molecule has 0 spiro atoms. The van der Waals surface area contributed by atoms with Crippen molar-refractivity contribution < 1.29 is 14.8 Å². The normalized spacial score (nSPS) is 27.9. The minimum absolute atomic E-state index is 0.128. The second-order valence-corrected chi connectivity index (χ2v) is 4.57. The van der Waals surface area contributed by atoms with Gasteiger partial charge >= 0.3 is 5.82 Å². The van der Waals surface area contributed by atoms with Gasteiger partial charge in [-0.2, -0.15) is 0 Å². The molecule has 8 nitrogen and oxygen atoms in total. The SMILES string of the molecule is O=[N+]([O-])O[C@@H]1C[C@@H]2C[C@H]1c1cc([N+](=O)[O-])ncc12. The zero-order valence-corrected chi connectivity index (χ0v) is 9.18. The molecule has 0 N–H and O–H groups in total. The van der Waals surface area contributed by atoms with Gasteiger partial charge in [0.15, 0.2) is 0 Å². The lowest BCUT2D eigenvalue weighted by Gasteiger charge is -2.21. The number of hydrogen-bond acceptors (Lipinski definition) is 6. The molecule has 94 valence electrons. The molecular weight excluding hydrogens is 242 g/mol. The van der Waals surface area contributed by atoms with E-state index in [0.29, 0.717) is 6.42 Å². The first kappa shape index (κ1) is 10.9. The van der Waals surface area contributed by atoms with Gasteiger partial charge in [-0.05, 0) is 34.2 Å². The van der Waals surface area contributed by atoms with Crippen LogP contribution in [0.5, 0.6) is 0 Å². The first-order chi connectivity index (χ1) is 8.56. The van der Waals surface area contributed by atoms with Crippen molar-refractivity contribution in [2.75, 3.05) is 0 Å². The topological polar surface area (TPSA) is 108 Å². The van der Waals surface area contributed by atoms with Gasteiger partial charge in [-0.1, -0.05) is 0 Å². The molecule has 0 radical (unpaired) electrons. The van der Waals surface area contributed by atoms with Crippen molar-refractivity contribution in [3.63, 3.8) is 0 Å². The Morgan fingerprint density at radius 3 is 2.72 bits per heavy atom. The molecule has 0 saturated heterocycles. The second-order valence-electron chi connectivity index (χ2n) is 4.57. The molecule has 8 heteroatoms. The molecule has 0 aromatic carbocycles. The van der Waals surface area contributed by atoms with E-state index in [-0.39, 0.29) is 17.7 Å². The van der Waals surface area contributed by atoms with Crippen LogP contribution in [0.25, 0.3) is 0 Å². The van der Waals surface area contributed by atoms with Gasteiger partial charge in [0.1, 0.15) is 12.3 Å². The summed E-state index contributed by atoms with van der Waals surface area (Å²) in [6.07, 6.45) is 2.36. The molecule has 2 bridgehead atoms. The van der Waals surface area contributed by atoms with Gasteiger partial charge < -0.3 is 15.0 Å². The quantitative estimate of drug-likeness (QED) is 0.595. The number of aromatic nitrogens is 1. The third-order valence-corrected chi connectivity index (χ3v) is 3.71. The van der Waals surface area contributed by atoms with E-state index < -0.39 is 16.1 Å². The van der Waals surface area contributed by atoms with Crippen LogP contribution in [0, 0.1) is 20.2 Å². The average Bonchev–Trinajstić information content (AvgIpc) is 2.85. The van der Waals surface area contributed by atoms with Crippen LogP contribution in [-0.2, 0) is 4.84 Å². The molecule has 1 fully saturated rings. The van der Waals surface area contributed by atoms with E-state index in [9.17, 15) is 20.2 Å². The summed E-state index contributed by atoms with van der Waals surface area (Å²) in [4.78, 5) is 28.9. The predicted molar refractivity (Wildman–Crippen MR) is 57.5 cm³/mol. The summed E-state index contributed by atoms with van der Waals surface area (Å²) in [5.41, 5.74) is 1.74. The third-order valence-electron chi connectivity index (χ3n) is 3.71. The zero-order valence-electron chi connectivity index (χ0n) is 9.18. The van der Waals surface area contributed by atoms with Crippen molar-refractivity contribution in [3.8, 4) is 0 Å². The lowest BCUT2D eigenvalue weighted by molar-refractivity contribution is -0.769. The second kappa shape index (κ2) is 3.62. The smallest absolute Gasteiger partial charge is 0.358 e. The molecule has 1 heterocycles. The van der Waals surface area contributed by atoms with Crippen molar-refractivity contribution >= 4 is 5.82 Å². The molecule has 1 saturated carbocycles. The number of nitro groups is 1. The predicted octanol–water partition coefficient (Wildman–Crippen LogP) is 1.54. The van der Waals surface area contributed by atoms with Crippen LogP contribution in [0.4, 0.5) is 5.82 Å². The van der Waals surface area contributed by atoms with Crippen molar-refractivity contribution in [1.29, 1.82) is 0 Å². The zero-order chi connectivity index (χ0) is 12.9. The van der Waals surface area contributed by atoms with E-state index in [1.807, 2.05) is 0 Å². The van der Waals surface area contributed by atoms with Gasteiger partial charge in [0.25, 0.3) is 5.09 Å². The number of fused-ring (bicyclic) bond motifs is 5. The van der Waals surface area contributed by atoms with Crippen molar-refractivity contribution in [1.82, 2.24) is 4.98 Å². The summed E-state index contributed by atoms with van der Waals surface area (Å²) in [5.74, 6) is -0.179. The van der Waals surface area contributed by atoms with Crippen LogP contribution < -0.4 is 0 Å².